The molecule has 2 rings (SSSR count). The van der Waals surface area contributed by atoms with Gasteiger partial charge in [0.15, 0.2) is 11.5 Å². The van der Waals surface area contributed by atoms with Crippen LogP contribution in [0.15, 0.2) is 34.8 Å². The molecule has 6 heteroatoms. The molecule has 0 bridgehead atoms. The molecule has 2 amide bonds. The van der Waals surface area contributed by atoms with E-state index in [1.54, 1.807) is 18.2 Å². The van der Waals surface area contributed by atoms with Crippen molar-refractivity contribution in [1.82, 2.24) is 5.32 Å². The minimum atomic E-state index is -0.333. The molecule has 122 valence electrons. The van der Waals surface area contributed by atoms with Crippen LogP contribution in [0.25, 0.3) is 0 Å². The molecule has 0 spiro atoms. The molecule has 3 N–H and O–H groups in total. The van der Waals surface area contributed by atoms with E-state index in [2.05, 4.69) is 26.6 Å². The number of hydrogen-bond acceptors (Lipinski definition) is 3. The highest BCUT2D eigenvalue weighted by molar-refractivity contribution is 9.10. The van der Waals surface area contributed by atoms with Crippen LogP contribution in [0.5, 0.6) is 11.5 Å². The topological polar surface area (TPSA) is 70.6 Å². The minimum absolute atomic E-state index is 0.0336. The molecule has 0 unspecified atom stereocenters. The first kappa shape index (κ1) is 17.1. The molecule has 23 heavy (non-hydrogen) atoms. The summed E-state index contributed by atoms with van der Waals surface area (Å²) in [6.45, 7) is 4.06. The number of carbonyl (C=O) groups is 1. The van der Waals surface area contributed by atoms with E-state index in [1.807, 2.05) is 26.0 Å². The Bertz CT molecular complexity index is 709. The summed E-state index contributed by atoms with van der Waals surface area (Å²) in [7, 11) is 1.48. The van der Waals surface area contributed by atoms with Crippen molar-refractivity contribution in [2.45, 2.75) is 20.4 Å². The summed E-state index contributed by atoms with van der Waals surface area (Å²) in [4.78, 5) is 12.1. The summed E-state index contributed by atoms with van der Waals surface area (Å²) < 4.78 is 6.02. The standard InChI is InChI=1S/C17H19BrN2O3/c1-10-7-13(18)8-11(2)15(10)20-17(22)19-9-12-5-4-6-14(23-3)16(12)21/h4-8,21H,9H2,1-3H3,(H2,19,20,22). The normalized spacial score (nSPS) is 10.3. The van der Waals surface area contributed by atoms with Gasteiger partial charge in [-0.05, 0) is 43.2 Å². The average molecular weight is 379 g/mol. The Morgan fingerprint density at radius 2 is 1.91 bits per heavy atom. The average Bonchev–Trinajstić information content (AvgIpc) is 2.50. The lowest BCUT2D eigenvalue weighted by atomic mass is 10.1. The first-order chi connectivity index (χ1) is 10.9. The number of carbonyl (C=O) groups excluding carboxylic acids is 1. The molecule has 0 aliphatic heterocycles. The molecule has 2 aromatic rings. The van der Waals surface area contributed by atoms with Crippen molar-refractivity contribution in [3.05, 3.63) is 51.5 Å². The smallest absolute Gasteiger partial charge is 0.319 e. The van der Waals surface area contributed by atoms with Crippen molar-refractivity contribution in [2.24, 2.45) is 0 Å². The van der Waals surface area contributed by atoms with Crippen LogP contribution in [0.4, 0.5) is 10.5 Å². The predicted molar refractivity (Wildman–Crippen MR) is 94.1 cm³/mol. The van der Waals surface area contributed by atoms with E-state index in [0.29, 0.717) is 11.3 Å². The number of aromatic hydroxyl groups is 1. The number of para-hydroxylation sites is 1. The van der Waals surface area contributed by atoms with E-state index < -0.39 is 0 Å². The van der Waals surface area contributed by atoms with E-state index in [1.165, 1.54) is 7.11 Å². The van der Waals surface area contributed by atoms with Gasteiger partial charge in [-0.2, -0.15) is 0 Å². The second kappa shape index (κ2) is 7.37. The zero-order valence-electron chi connectivity index (χ0n) is 13.2. The van der Waals surface area contributed by atoms with Crippen LogP contribution in [0, 0.1) is 13.8 Å². The number of nitrogens with one attached hydrogen (secondary N) is 2. The van der Waals surface area contributed by atoms with Gasteiger partial charge in [0.1, 0.15) is 0 Å². The molecule has 0 aliphatic carbocycles. The Balaban J connectivity index is 2.04. The van der Waals surface area contributed by atoms with E-state index in [0.717, 1.165) is 21.3 Å². The molecule has 5 nitrogen and oxygen atoms in total. The summed E-state index contributed by atoms with van der Waals surface area (Å²) in [5.74, 6) is 0.413. The van der Waals surface area contributed by atoms with Crippen molar-refractivity contribution in [3.8, 4) is 11.5 Å². The molecular weight excluding hydrogens is 360 g/mol. The van der Waals surface area contributed by atoms with Crippen LogP contribution in [0.2, 0.25) is 0 Å². The van der Waals surface area contributed by atoms with Gasteiger partial charge < -0.3 is 20.5 Å². The van der Waals surface area contributed by atoms with Crippen molar-refractivity contribution in [1.29, 1.82) is 0 Å². The fraction of sp³-hybridized carbons (Fsp3) is 0.235. The number of ether oxygens (including phenoxy) is 1. The molecule has 0 aliphatic rings. The summed E-state index contributed by atoms with van der Waals surface area (Å²) in [6.07, 6.45) is 0. The number of aryl methyl sites for hydroxylation is 2. The Kier molecular flexibility index (Phi) is 5.50. The Hall–Kier alpha value is -2.21. The van der Waals surface area contributed by atoms with Crippen LogP contribution in [-0.2, 0) is 6.54 Å². The Morgan fingerprint density at radius 1 is 1.26 bits per heavy atom. The lowest BCUT2D eigenvalue weighted by Gasteiger charge is -2.14. The third kappa shape index (κ3) is 4.16. The summed E-state index contributed by atoms with van der Waals surface area (Å²) in [5.41, 5.74) is 3.30. The highest BCUT2D eigenvalue weighted by Gasteiger charge is 2.11. The molecule has 0 heterocycles. The molecular formula is C17H19BrN2O3. The maximum atomic E-state index is 12.1. The second-order valence-corrected chi connectivity index (χ2v) is 6.11. The number of rotatable bonds is 4. The van der Waals surface area contributed by atoms with Crippen LogP contribution >= 0.6 is 15.9 Å². The van der Waals surface area contributed by atoms with Gasteiger partial charge in [-0.1, -0.05) is 28.1 Å². The molecule has 0 saturated heterocycles. The van der Waals surface area contributed by atoms with Crippen molar-refractivity contribution < 1.29 is 14.6 Å². The Morgan fingerprint density at radius 3 is 2.52 bits per heavy atom. The molecule has 0 fully saturated rings. The number of methoxy groups -OCH3 is 1. The van der Waals surface area contributed by atoms with Crippen LogP contribution in [0.1, 0.15) is 16.7 Å². The number of halogens is 1. The summed E-state index contributed by atoms with van der Waals surface area (Å²) in [5, 5.41) is 15.6. The molecule has 0 aromatic heterocycles. The van der Waals surface area contributed by atoms with Gasteiger partial charge in [-0.3, -0.25) is 0 Å². The van der Waals surface area contributed by atoms with Crippen LogP contribution in [-0.4, -0.2) is 18.2 Å². The van der Waals surface area contributed by atoms with Crippen LogP contribution in [0.3, 0.4) is 0 Å². The van der Waals surface area contributed by atoms with Crippen molar-refractivity contribution in [3.63, 3.8) is 0 Å². The van der Waals surface area contributed by atoms with Crippen molar-refractivity contribution in [2.75, 3.05) is 12.4 Å². The monoisotopic (exact) mass is 378 g/mol. The zero-order valence-corrected chi connectivity index (χ0v) is 14.8. The maximum Gasteiger partial charge on any atom is 0.319 e. The lowest BCUT2D eigenvalue weighted by Crippen LogP contribution is -2.28. The fourth-order valence-electron chi connectivity index (χ4n) is 2.32. The molecule has 0 atom stereocenters. The van der Waals surface area contributed by atoms with E-state index in [9.17, 15) is 9.90 Å². The third-order valence-electron chi connectivity index (χ3n) is 3.48. The van der Waals surface area contributed by atoms with Crippen molar-refractivity contribution >= 4 is 27.6 Å². The fourth-order valence-corrected chi connectivity index (χ4v) is 3.00. The number of benzene rings is 2. The van der Waals surface area contributed by atoms with Crippen LogP contribution < -0.4 is 15.4 Å². The van der Waals surface area contributed by atoms with Gasteiger partial charge in [0.2, 0.25) is 0 Å². The lowest BCUT2D eigenvalue weighted by molar-refractivity contribution is 0.251. The molecule has 0 saturated carbocycles. The van der Waals surface area contributed by atoms with E-state index in [-0.39, 0.29) is 18.3 Å². The second-order valence-electron chi connectivity index (χ2n) is 5.19. The number of urea groups is 1. The first-order valence-corrected chi connectivity index (χ1v) is 7.88. The number of amides is 2. The Labute approximate surface area is 143 Å². The summed E-state index contributed by atoms with van der Waals surface area (Å²) >= 11 is 3.43. The highest BCUT2D eigenvalue weighted by atomic mass is 79.9. The number of phenolic OH excluding ortho intramolecular Hbond substituents is 1. The maximum absolute atomic E-state index is 12.1. The quantitative estimate of drug-likeness (QED) is 0.749. The predicted octanol–water partition coefficient (Wildman–Crippen LogP) is 4.10. The third-order valence-corrected chi connectivity index (χ3v) is 3.94. The summed E-state index contributed by atoms with van der Waals surface area (Å²) in [6, 6.07) is 8.70. The number of anilines is 1. The van der Waals surface area contributed by atoms with Gasteiger partial charge in [0, 0.05) is 22.3 Å². The van der Waals surface area contributed by atoms with E-state index in [4.69, 9.17) is 4.74 Å². The SMILES string of the molecule is COc1cccc(CNC(=O)Nc2c(C)cc(Br)cc2C)c1O. The van der Waals surface area contributed by atoms with Gasteiger partial charge in [0.05, 0.1) is 7.11 Å². The zero-order chi connectivity index (χ0) is 17.0. The largest absolute Gasteiger partial charge is 0.504 e. The number of phenols is 1. The first-order valence-electron chi connectivity index (χ1n) is 7.08. The molecule has 2 aromatic carbocycles. The number of hydrogen-bond donors (Lipinski definition) is 3. The molecule has 0 radical (unpaired) electrons. The van der Waals surface area contributed by atoms with Gasteiger partial charge in [0.25, 0.3) is 0 Å². The minimum Gasteiger partial charge on any atom is -0.504 e. The highest BCUT2D eigenvalue weighted by Crippen LogP contribution is 2.29. The van der Waals surface area contributed by atoms with Gasteiger partial charge >= 0.3 is 6.03 Å². The van der Waals surface area contributed by atoms with E-state index >= 15 is 0 Å². The van der Waals surface area contributed by atoms with Gasteiger partial charge in [-0.15, -0.1) is 0 Å². The van der Waals surface area contributed by atoms with Gasteiger partial charge in [-0.25, -0.2) is 4.79 Å².